The first-order chi connectivity index (χ1) is 24.6. The molecule has 6 nitrogen and oxygen atoms in total. The molecule has 2 heterocycles. The minimum Gasteiger partial charge on any atom is -0.481 e. The van der Waals surface area contributed by atoms with E-state index in [4.69, 9.17) is 4.74 Å². The van der Waals surface area contributed by atoms with Gasteiger partial charge in [-0.1, -0.05) is 111 Å². The number of carbonyl (C=O) groups is 2. The van der Waals surface area contributed by atoms with Crippen molar-refractivity contribution < 1.29 is 24.0 Å². The van der Waals surface area contributed by atoms with Gasteiger partial charge in [-0.15, -0.1) is 0 Å². The second-order valence-corrected chi connectivity index (χ2v) is 14.3. The molecule has 0 aliphatic carbocycles. The lowest BCUT2D eigenvalue weighted by Gasteiger charge is -2.26. The van der Waals surface area contributed by atoms with Crippen LogP contribution in [0, 0.1) is 0 Å². The Morgan fingerprint density at radius 2 is 1.45 bits per heavy atom. The third-order valence-electron chi connectivity index (χ3n) is 10.5. The van der Waals surface area contributed by atoms with Crippen LogP contribution in [0.3, 0.4) is 0 Å². The second kappa shape index (κ2) is 13.5. The van der Waals surface area contributed by atoms with E-state index in [1.165, 1.54) is 32.8 Å². The normalized spacial score (nSPS) is 16.9. The highest BCUT2D eigenvalue weighted by Gasteiger charge is 2.47. The van der Waals surface area contributed by atoms with Crippen LogP contribution in [-0.4, -0.2) is 47.5 Å². The summed E-state index contributed by atoms with van der Waals surface area (Å²) in [6.07, 6.45) is 10.5. The van der Waals surface area contributed by atoms with E-state index in [-0.39, 0.29) is 23.9 Å². The Morgan fingerprint density at radius 1 is 0.784 bits per heavy atom. The number of carboxylic acid groups (broad SMARTS) is 1. The summed E-state index contributed by atoms with van der Waals surface area (Å²) in [4.78, 5) is 25.1. The lowest BCUT2D eigenvalue weighted by Crippen LogP contribution is -2.29. The fourth-order valence-corrected chi connectivity index (χ4v) is 8.14. The van der Waals surface area contributed by atoms with Crippen LogP contribution in [0.25, 0.3) is 32.7 Å². The number of hydrogen-bond acceptors (Lipinski definition) is 4. The predicted molar refractivity (Wildman–Crippen MR) is 207 cm³/mol. The molecule has 2 aliphatic heterocycles. The van der Waals surface area contributed by atoms with Crippen LogP contribution in [0.5, 0.6) is 0 Å². The maximum atomic E-state index is 11.9. The topological polar surface area (TPSA) is 69.8 Å². The maximum Gasteiger partial charge on any atom is 0.309 e. The standard InChI is InChI=1S/C45H42N2O4/c1-44(2)37-29-32(31-15-7-5-8-16-31)23-24-38(37)46(27-28-51-30-48)39(44)21-9-6-10-22-40-45(3,4)42-35-19-13-11-17-33(35)34-18-12-14-20-36(34)43(42)47(40)26-25-41(49)50/h5-24,29-30H,25-28H2,1-4H3/p+1. The van der Waals surface area contributed by atoms with E-state index in [9.17, 15) is 14.7 Å². The van der Waals surface area contributed by atoms with E-state index >= 15 is 0 Å². The summed E-state index contributed by atoms with van der Waals surface area (Å²) in [5, 5.41) is 14.4. The number of carboxylic acids is 1. The summed E-state index contributed by atoms with van der Waals surface area (Å²) in [7, 11) is 0. The Balaban J connectivity index is 1.27. The van der Waals surface area contributed by atoms with Crippen LogP contribution in [0.4, 0.5) is 11.4 Å². The summed E-state index contributed by atoms with van der Waals surface area (Å²) in [6.45, 7) is 10.6. The van der Waals surface area contributed by atoms with Gasteiger partial charge in [0.25, 0.3) is 6.47 Å². The molecule has 2 aliphatic rings. The molecule has 5 aromatic rings. The highest BCUT2D eigenvalue weighted by atomic mass is 16.5. The molecule has 1 N–H and O–H groups in total. The summed E-state index contributed by atoms with van der Waals surface area (Å²) >= 11 is 0. The number of anilines is 1. The van der Waals surface area contributed by atoms with Crippen molar-refractivity contribution in [2.75, 3.05) is 24.6 Å². The van der Waals surface area contributed by atoms with E-state index < -0.39 is 5.97 Å². The molecule has 0 saturated heterocycles. The Kier molecular flexibility index (Phi) is 8.94. The fraction of sp³-hybridized carbons (Fsp3) is 0.222. The van der Waals surface area contributed by atoms with Gasteiger partial charge in [-0.2, -0.15) is 4.58 Å². The summed E-state index contributed by atoms with van der Waals surface area (Å²) < 4.78 is 7.36. The van der Waals surface area contributed by atoms with Gasteiger partial charge >= 0.3 is 5.97 Å². The smallest absolute Gasteiger partial charge is 0.309 e. The minimum atomic E-state index is -0.819. The fourth-order valence-electron chi connectivity index (χ4n) is 8.14. The predicted octanol–water partition coefficient (Wildman–Crippen LogP) is 9.48. The quantitative estimate of drug-likeness (QED) is 0.0497. The van der Waals surface area contributed by atoms with E-state index in [1.807, 2.05) is 12.1 Å². The first kappa shape index (κ1) is 33.7. The van der Waals surface area contributed by atoms with Crippen molar-refractivity contribution >= 4 is 51.1 Å². The van der Waals surface area contributed by atoms with Gasteiger partial charge in [0.2, 0.25) is 5.69 Å². The van der Waals surface area contributed by atoms with Crippen LogP contribution < -0.4 is 4.90 Å². The molecule has 6 heteroatoms. The van der Waals surface area contributed by atoms with E-state index in [0.29, 0.717) is 19.6 Å². The summed E-state index contributed by atoms with van der Waals surface area (Å²) in [5.74, 6) is -0.819. The van der Waals surface area contributed by atoms with Crippen molar-refractivity contribution in [1.29, 1.82) is 0 Å². The number of nitrogens with zero attached hydrogens (tertiary/aromatic N) is 2. The van der Waals surface area contributed by atoms with Gasteiger partial charge in [0, 0.05) is 28.4 Å². The molecular weight excluding hydrogens is 633 g/mol. The number of fused-ring (bicyclic) bond motifs is 7. The molecule has 0 spiro atoms. The van der Waals surface area contributed by atoms with Gasteiger partial charge in [-0.3, -0.25) is 9.59 Å². The second-order valence-electron chi connectivity index (χ2n) is 14.3. The zero-order valence-electron chi connectivity index (χ0n) is 29.6. The molecular formula is C45H43N2O4+. The van der Waals surface area contributed by atoms with Crippen LogP contribution in [0.1, 0.15) is 45.2 Å². The van der Waals surface area contributed by atoms with Crippen molar-refractivity contribution in [3.8, 4) is 11.1 Å². The molecule has 5 aromatic carbocycles. The van der Waals surface area contributed by atoms with E-state index in [2.05, 4.69) is 152 Å². The third kappa shape index (κ3) is 5.95. The van der Waals surface area contributed by atoms with Crippen molar-refractivity contribution in [3.63, 3.8) is 0 Å². The molecule has 51 heavy (non-hydrogen) atoms. The zero-order chi connectivity index (χ0) is 35.8. The molecule has 0 atom stereocenters. The monoisotopic (exact) mass is 675 g/mol. The lowest BCUT2D eigenvalue weighted by molar-refractivity contribution is -0.435. The Labute approximate surface area is 299 Å². The SMILES string of the molecule is CC1(C)C(/C=C/C=C/C=C2\N(CCOC=O)c3ccc(-c4ccccc4)cc3C2(C)C)=[N+](CCC(=O)O)c2c1c1ccccc1c1ccccc21. The zero-order valence-corrected chi connectivity index (χ0v) is 29.6. The molecule has 256 valence electrons. The van der Waals surface area contributed by atoms with E-state index in [1.54, 1.807) is 0 Å². The number of rotatable bonds is 11. The number of ether oxygens (including phenoxy) is 1. The van der Waals surface area contributed by atoms with Crippen molar-refractivity contribution in [2.45, 2.75) is 44.9 Å². The van der Waals surface area contributed by atoms with Gasteiger partial charge in [0.1, 0.15) is 13.0 Å². The molecule has 0 unspecified atom stereocenters. The molecule has 0 bridgehead atoms. The van der Waals surface area contributed by atoms with Gasteiger partial charge < -0.3 is 14.7 Å². The largest absolute Gasteiger partial charge is 0.481 e. The van der Waals surface area contributed by atoms with Gasteiger partial charge in [0.05, 0.1) is 17.3 Å². The highest BCUT2D eigenvalue weighted by Crippen LogP contribution is 2.50. The van der Waals surface area contributed by atoms with Gasteiger partial charge in [-0.05, 0) is 71.0 Å². The highest BCUT2D eigenvalue weighted by molar-refractivity contribution is 6.18. The van der Waals surface area contributed by atoms with Crippen molar-refractivity contribution in [2.24, 2.45) is 0 Å². The van der Waals surface area contributed by atoms with Crippen LogP contribution in [0.15, 0.2) is 133 Å². The first-order valence-corrected chi connectivity index (χ1v) is 17.5. The summed E-state index contributed by atoms with van der Waals surface area (Å²) in [6, 6.07) is 34.0. The lowest BCUT2D eigenvalue weighted by atomic mass is 9.78. The molecule has 0 radical (unpaired) electrons. The Hall–Kier alpha value is -5.75. The van der Waals surface area contributed by atoms with Crippen LogP contribution >= 0.6 is 0 Å². The first-order valence-electron chi connectivity index (χ1n) is 17.5. The number of benzene rings is 5. The Bertz CT molecular complexity index is 2290. The molecule has 7 rings (SSSR count). The number of hydrogen-bond donors (Lipinski definition) is 1. The summed E-state index contributed by atoms with van der Waals surface area (Å²) in [5.41, 5.74) is 8.49. The van der Waals surface area contributed by atoms with Crippen molar-refractivity contribution in [3.05, 3.63) is 144 Å². The van der Waals surface area contributed by atoms with Crippen LogP contribution in [-0.2, 0) is 25.2 Å². The maximum absolute atomic E-state index is 11.9. The van der Waals surface area contributed by atoms with Crippen LogP contribution in [0.2, 0.25) is 0 Å². The average molecular weight is 676 g/mol. The van der Waals surface area contributed by atoms with Gasteiger partial charge in [-0.25, -0.2) is 0 Å². The number of allylic oxidation sites excluding steroid dienone is 6. The molecule has 0 aromatic heterocycles. The molecule has 0 saturated carbocycles. The van der Waals surface area contributed by atoms with Crippen molar-refractivity contribution in [1.82, 2.24) is 0 Å². The third-order valence-corrected chi connectivity index (χ3v) is 10.5. The molecule has 0 amide bonds. The Morgan fingerprint density at radius 3 is 2.16 bits per heavy atom. The van der Waals surface area contributed by atoms with E-state index in [0.717, 1.165) is 33.7 Å². The minimum absolute atomic E-state index is 0.0290. The number of carbonyl (C=O) groups excluding carboxylic acids is 1. The molecule has 0 fully saturated rings. The van der Waals surface area contributed by atoms with Gasteiger partial charge in [0.15, 0.2) is 12.3 Å². The number of aliphatic carboxylic acids is 1. The average Bonchev–Trinajstić information content (AvgIpc) is 3.49.